The molecule has 0 aliphatic rings. The fraction of sp³-hybridized carbons (Fsp3) is 0.500. The Labute approximate surface area is 113 Å². The van der Waals surface area contributed by atoms with Crippen LogP contribution < -0.4 is 5.73 Å². The smallest absolute Gasteiger partial charge is 0.309 e. The summed E-state index contributed by atoms with van der Waals surface area (Å²) < 4.78 is 0. The van der Waals surface area contributed by atoms with E-state index in [1.165, 1.54) is 0 Å². The van der Waals surface area contributed by atoms with Crippen molar-refractivity contribution in [3.63, 3.8) is 0 Å². The number of nitrogens with two attached hydrogens (primary N) is 1. The fourth-order valence-electron chi connectivity index (χ4n) is 1.95. The first-order valence-corrected chi connectivity index (χ1v) is 6.28. The van der Waals surface area contributed by atoms with Crippen LogP contribution in [0.3, 0.4) is 0 Å². The minimum Gasteiger partial charge on any atom is -0.481 e. The van der Waals surface area contributed by atoms with Crippen molar-refractivity contribution < 1.29 is 9.90 Å². The number of hydrogen-bond donors (Lipinski definition) is 2. The number of carbonyl (C=O) groups is 1. The molecule has 1 aromatic rings. The van der Waals surface area contributed by atoms with Crippen LogP contribution in [0.2, 0.25) is 5.02 Å². The summed E-state index contributed by atoms with van der Waals surface area (Å²) in [5.74, 6) is -0.832. The molecule has 0 spiro atoms. The Balaban J connectivity index is 3.01. The van der Waals surface area contributed by atoms with Gasteiger partial charge in [-0.25, -0.2) is 0 Å². The van der Waals surface area contributed by atoms with Crippen LogP contribution in [0.5, 0.6) is 0 Å². The van der Waals surface area contributed by atoms with Gasteiger partial charge >= 0.3 is 5.97 Å². The van der Waals surface area contributed by atoms with Gasteiger partial charge in [-0.15, -0.1) is 0 Å². The predicted octanol–water partition coefficient (Wildman–Crippen LogP) is 3.46. The maximum atomic E-state index is 11.1. The second-order valence-corrected chi connectivity index (χ2v) is 5.86. The molecule has 1 aromatic carbocycles. The third-order valence-electron chi connectivity index (χ3n) is 3.26. The largest absolute Gasteiger partial charge is 0.481 e. The van der Waals surface area contributed by atoms with Crippen LogP contribution in [0.15, 0.2) is 12.1 Å². The lowest BCUT2D eigenvalue weighted by molar-refractivity contribution is -0.147. The van der Waals surface area contributed by atoms with Gasteiger partial charge in [0.2, 0.25) is 0 Å². The van der Waals surface area contributed by atoms with E-state index in [0.29, 0.717) is 11.4 Å². The molecule has 4 heteroatoms. The molecule has 0 radical (unpaired) electrons. The Morgan fingerprint density at radius 3 is 2.44 bits per heavy atom. The highest BCUT2D eigenvalue weighted by atomic mass is 35.5. The van der Waals surface area contributed by atoms with Crippen molar-refractivity contribution in [3.05, 3.63) is 33.8 Å². The van der Waals surface area contributed by atoms with E-state index in [-0.39, 0.29) is 6.04 Å². The fourth-order valence-corrected chi connectivity index (χ4v) is 2.17. The van der Waals surface area contributed by atoms with Crippen LogP contribution in [0.1, 0.15) is 43.0 Å². The first-order valence-electron chi connectivity index (χ1n) is 5.91. The van der Waals surface area contributed by atoms with E-state index in [2.05, 4.69) is 0 Å². The van der Waals surface area contributed by atoms with Gasteiger partial charge in [-0.2, -0.15) is 0 Å². The van der Waals surface area contributed by atoms with Crippen molar-refractivity contribution in [2.75, 3.05) is 0 Å². The van der Waals surface area contributed by atoms with E-state index in [4.69, 9.17) is 22.4 Å². The van der Waals surface area contributed by atoms with Gasteiger partial charge in [0.05, 0.1) is 5.41 Å². The van der Waals surface area contributed by atoms with E-state index in [1.807, 2.05) is 26.0 Å². The van der Waals surface area contributed by atoms with Crippen molar-refractivity contribution in [1.29, 1.82) is 0 Å². The third kappa shape index (κ3) is 3.24. The van der Waals surface area contributed by atoms with Gasteiger partial charge in [-0.05, 0) is 56.9 Å². The molecular formula is C14H20ClNO2. The number of hydrogen-bond acceptors (Lipinski definition) is 2. The van der Waals surface area contributed by atoms with Gasteiger partial charge in [0, 0.05) is 11.1 Å². The number of rotatable bonds is 4. The summed E-state index contributed by atoms with van der Waals surface area (Å²) in [5, 5.41) is 9.84. The van der Waals surface area contributed by atoms with E-state index in [9.17, 15) is 4.79 Å². The standard InChI is InChI=1S/C14H20ClNO2/c1-8-6-11(15)9(2)5-10(8)12(16)7-14(3,4)13(17)18/h5-6,12H,7,16H2,1-4H3,(H,17,18). The van der Waals surface area contributed by atoms with Crippen LogP contribution in [-0.2, 0) is 4.79 Å². The first-order chi connectivity index (χ1) is 8.15. The quantitative estimate of drug-likeness (QED) is 0.880. The van der Waals surface area contributed by atoms with E-state index in [1.54, 1.807) is 13.8 Å². The molecule has 0 saturated heterocycles. The third-order valence-corrected chi connectivity index (χ3v) is 3.66. The van der Waals surface area contributed by atoms with Crippen molar-refractivity contribution in [2.24, 2.45) is 11.1 Å². The normalized spacial score (nSPS) is 13.4. The van der Waals surface area contributed by atoms with Gasteiger partial charge in [0.1, 0.15) is 0 Å². The maximum Gasteiger partial charge on any atom is 0.309 e. The Kier molecular flexibility index (Phi) is 4.41. The molecule has 0 aliphatic carbocycles. The van der Waals surface area contributed by atoms with Crippen molar-refractivity contribution in [3.8, 4) is 0 Å². The summed E-state index contributed by atoms with van der Waals surface area (Å²) in [7, 11) is 0. The van der Waals surface area contributed by atoms with Gasteiger partial charge < -0.3 is 10.8 Å². The highest BCUT2D eigenvalue weighted by Crippen LogP contribution is 2.32. The Morgan fingerprint density at radius 1 is 1.39 bits per heavy atom. The zero-order valence-electron chi connectivity index (χ0n) is 11.2. The van der Waals surface area contributed by atoms with Crippen LogP contribution >= 0.6 is 11.6 Å². The van der Waals surface area contributed by atoms with Crippen molar-refractivity contribution in [1.82, 2.24) is 0 Å². The summed E-state index contributed by atoms with van der Waals surface area (Å²) in [6.45, 7) is 7.23. The van der Waals surface area contributed by atoms with Crippen LogP contribution in [-0.4, -0.2) is 11.1 Å². The van der Waals surface area contributed by atoms with E-state index < -0.39 is 11.4 Å². The molecule has 18 heavy (non-hydrogen) atoms. The second-order valence-electron chi connectivity index (χ2n) is 5.46. The topological polar surface area (TPSA) is 63.3 Å². The predicted molar refractivity (Wildman–Crippen MR) is 73.9 cm³/mol. The van der Waals surface area contributed by atoms with Crippen LogP contribution in [0, 0.1) is 19.3 Å². The molecule has 0 aromatic heterocycles. The van der Waals surface area contributed by atoms with E-state index >= 15 is 0 Å². The zero-order valence-corrected chi connectivity index (χ0v) is 12.0. The average molecular weight is 270 g/mol. The molecule has 3 N–H and O–H groups in total. The zero-order chi connectivity index (χ0) is 14.1. The molecule has 0 bridgehead atoms. The second kappa shape index (κ2) is 5.29. The number of benzene rings is 1. The van der Waals surface area contributed by atoms with Crippen molar-refractivity contribution >= 4 is 17.6 Å². The van der Waals surface area contributed by atoms with Crippen LogP contribution in [0.4, 0.5) is 0 Å². The molecule has 0 saturated carbocycles. The average Bonchev–Trinajstić information content (AvgIpc) is 2.22. The summed E-state index contributed by atoms with van der Waals surface area (Å²) in [6.07, 6.45) is 0.393. The Morgan fingerprint density at radius 2 is 1.94 bits per heavy atom. The number of carboxylic acids is 1. The first kappa shape index (κ1) is 15.0. The maximum absolute atomic E-state index is 11.1. The molecule has 0 heterocycles. The molecule has 0 aliphatic heterocycles. The van der Waals surface area contributed by atoms with Gasteiger partial charge in [0.25, 0.3) is 0 Å². The molecule has 0 amide bonds. The number of aryl methyl sites for hydroxylation is 2. The summed E-state index contributed by atoms with van der Waals surface area (Å²) in [6, 6.07) is 3.52. The summed E-state index contributed by atoms with van der Waals surface area (Å²) >= 11 is 6.04. The van der Waals surface area contributed by atoms with Crippen LogP contribution in [0.25, 0.3) is 0 Å². The summed E-state index contributed by atoms with van der Waals surface area (Å²) in [5.41, 5.74) is 8.22. The minimum atomic E-state index is -0.834. The molecule has 1 unspecified atom stereocenters. The Bertz CT molecular complexity index is 469. The van der Waals surface area contributed by atoms with Gasteiger partial charge in [0.15, 0.2) is 0 Å². The van der Waals surface area contributed by atoms with Crippen molar-refractivity contribution in [2.45, 2.75) is 40.2 Å². The lowest BCUT2D eigenvalue weighted by Gasteiger charge is -2.25. The number of aliphatic carboxylic acids is 1. The number of carboxylic acid groups (broad SMARTS) is 1. The van der Waals surface area contributed by atoms with E-state index in [0.717, 1.165) is 16.7 Å². The molecular weight excluding hydrogens is 250 g/mol. The van der Waals surface area contributed by atoms with Gasteiger partial charge in [-0.1, -0.05) is 17.7 Å². The monoisotopic (exact) mass is 269 g/mol. The minimum absolute atomic E-state index is 0.299. The molecule has 1 atom stereocenters. The summed E-state index contributed by atoms with van der Waals surface area (Å²) in [4.78, 5) is 11.1. The molecule has 1 rings (SSSR count). The molecule has 3 nitrogen and oxygen atoms in total. The SMILES string of the molecule is Cc1cc(C(N)CC(C)(C)C(=O)O)c(C)cc1Cl. The molecule has 100 valence electrons. The van der Waals surface area contributed by atoms with Gasteiger partial charge in [-0.3, -0.25) is 4.79 Å². The lowest BCUT2D eigenvalue weighted by Crippen LogP contribution is -2.29. The highest BCUT2D eigenvalue weighted by Gasteiger charge is 2.30. The molecule has 0 fully saturated rings. The lowest BCUT2D eigenvalue weighted by atomic mass is 9.83. The highest BCUT2D eigenvalue weighted by molar-refractivity contribution is 6.31. The Hall–Kier alpha value is -1.06. The number of halogens is 1.